The summed E-state index contributed by atoms with van der Waals surface area (Å²) >= 11 is 0. The third kappa shape index (κ3) is 5.73. The van der Waals surface area contributed by atoms with E-state index in [1.54, 1.807) is 12.1 Å². The summed E-state index contributed by atoms with van der Waals surface area (Å²) < 4.78 is 27.7. The van der Waals surface area contributed by atoms with Gasteiger partial charge in [0.05, 0.1) is 5.75 Å². The van der Waals surface area contributed by atoms with E-state index in [9.17, 15) is 8.42 Å². The third-order valence-electron chi connectivity index (χ3n) is 5.10. The van der Waals surface area contributed by atoms with Crippen molar-refractivity contribution in [3.63, 3.8) is 0 Å². The van der Waals surface area contributed by atoms with E-state index in [0.29, 0.717) is 5.69 Å². The molecule has 1 aromatic heterocycles. The van der Waals surface area contributed by atoms with Crippen molar-refractivity contribution in [2.24, 2.45) is 0 Å². The molecular formula is C23H27N5O2S. The first-order valence-corrected chi connectivity index (χ1v) is 12.1. The molecule has 8 heteroatoms. The number of benzene rings is 2. The highest BCUT2D eigenvalue weighted by Gasteiger charge is 2.16. The Bertz CT molecular complexity index is 1160. The summed E-state index contributed by atoms with van der Waals surface area (Å²) in [6.07, 6.45) is 2.34. The van der Waals surface area contributed by atoms with Gasteiger partial charge in [-0.1, -0.05) is 29.8 Å². The molecule has 2 N–H and O–H groups in total. The predicted octanol–water partition coefficient (Wildman–Crippen LogP) is 4.38. The Kier molecular flexibility index (Phi) is 6.08. The summed E-state index contributed by atoms with van der Waals surface area (Å²) in [6.45, 7) is 5.88. The van der Waals surface area contributed by atoms with Crippen molar-refractivity contribution in [3.05, 3.63) is 71.4 Å². The predicted molar refractivity (Wildman–Crippen MR) is 125 cm³/mol. The minimum atomic E-state index is -3.49. The average Bonchev–Trinajstić information content (AvgIpc) is 3.23. The molecule has 2 heterocycles. The Labute approximate surface area is 183 Å². The van der Waals surface area contributed by atoms with Gasteiger partial charge in [0.1, 0.15) is 5.82 Å². The zero-order valence-electron chi connectivity index (χ0n) is 17.8. The fraction of sp³-hybridized carbons (Fsp3) is 0.304. The minimum absolute atomic E-state index is 0.0613. The van der Waals surface area contributed by atoms with Gasteiger partial charge in [0.25, 0.3) is 0 Å². The van der Waals surface area contributed by atoms with Crippen molar-refractivity contribution in [1.29, 1.82) is 0 Å². The summed E-state index contributed by atoms with van der Waals surface area (Å²) in [7, 11) is -3.49. The summed E-state index contributed by atoms with van der Waals surface area (Å²) in [6, 6.07) is 16.6. The van der Waals surface area contributed by atoms with Gasteiger partial charge in [-0.2, -0.15) is 4.98 Å². The number of hydrogen-bond donors (Lipinski definition) is 2. The molecule has 0 saturated carbocycles. The molecule has 0 atom stereocenters. The quantitative estimate of drug-likeness (QED) is 0.570. The van der Waals surface area contributed by atoms with Gasteiger partial charge in [0, 0.05) is 36.2 Å². The Hall–Kier alpha value is -3.13. The standard InChI is InChI=1S/C23H27N5O2S/c1-17-6-5-7-19(14-17)16-31(29,30)27-21-10-8-20(9-11-21)25-22-15-18(2)24-23(26-22)28-12-3-4-13-28/h5-11,14-15,27H,3-4,12-13,16H2,1-2H3,(H,24,25,26). The SMILES string of the molecule is Cc1cccc(CS(=O)(=O)Nc2ccc(Nc3cc(C)nc(N4CCCC4)n3)cc2)c1. The van der Waals surface area contributed by atoms with E-state index in [0.717, 1.165) is 47.4 Å². The van der Waals surface area contributed by atoms with E-state index in [1.807, 2.05) is 56.3 Å². The molecule has 1 aliphatic rings. The van der Waals surface area contributed by atoms with Crippen LogP contribution in [0.25, 0.3) is 0 Å². The summed E-state index contributed by atoms with van der Waals surface area (Å²) in [5, 5.41) is 3.29. The molecule has 0 aliphatic carbocycles. The summed E-state index contributed by atoms with van der Waals surface area (Å²) in [5.41, 5.74) is 4.05. The van der Waals surface area contributed by atoms with Gasteiger partial charge >= 0.3 is 0 Å². The highest BCUT2D eigenvalue weighted by Crippen LogP contribution is 2.23. The largest absolute Gasteiger partial charge is 0.341 e. The second-order valence-electron chi connectivity index (χ2n) is 7.94. The van der Waals surface area contributed by atoms with Gasteiger partial charge in [-0.25, -0.2) is 13.4 Å². The van der Waals surface area contributed by atoms with E-state index < -0.39 is 10.0 Å². The first kappa shape index (κ1) is 21.1. The Morgan fingerprint density at radius 1 is 0.935 bits per heavy atom. The van der Waals surface area contributed by atoms with Crippen LogP contribution >= 0.6 is 0 Å². The van der Waals surface area contributed by atoms with Crippen LogP contribution in [-0.4, -0.2) is 31.5 Å². The smallest absolute Gasteiger partial charge is 0.236 e. The second-order valence-corrected chi connectivity index (χ2v) is 9.66. The van der Waals surface area contributed by atoms with Gasteiger partial charge in [0.2, 0.25) is 16.0 Å². The van der Waals surface area contributed by atoms with E-state index in [-0.39, 0.29) is 5.75 Å². The fourth-order valence-electron chi connectivity index (χ4n) is 3.68. The molecule has 0 bridgehead atoms. The molecule has 3 aromatic rings. The maximum atomic E-state index is 12.5. The lowest BCUT2D eigenvalue weighted by Crippen LogP contribution is -2.21. The molecule has 1 saturated heterocycles. The summed E-state index contributed by atoms with van der Waals surface area (Å²) in [4.78, 5) is 11.4. The van der Waals surface area contributed by atoms with Crippen LogP contribution in [0.4, 0.5) is 23.1 Å². The van der Waals surface area contributed by atoms with Crippen molar-refractivity contribution in [2.75, 3.05) is 28.0 Å². The maximum absolute atomic E-state index is 12.5. The van der Waals surface area contributed by atoms with Crippen LogP contribution in [0.3, 0.4) is 0 Å². The van der Waals surface area contributed by atoms with Crippen molar-refractivity contribution < 1.29 is 8.42 Å². The number of aryl methyl sites for hydroxylation is 2. The van der Waals surface area contributed by atoms with Crippen molar-refractivity contribution >= 4 is 33.2 Å². The lowest BCUT2D eigenvalue weighted by molar-refractivity contribution is 0.600. The molecule has 4 rings (SSSR count). The molecule has 2 aromatic carbocycles. The Balaban J connectivity index is 1.42. The average molecular weight is 438 g/mol. The van der Waals surface area contributed by atoms with Gasteiger partial charge in [-0.05, 0) is 56.5 Å². The molecule has 7 nitrogen and oxygen atoms in total. The maximum Gasteiger partial charge on any atom is 0.236 e. The van der Waals surface area contributed by atoms with Gasteiger partial charge in [-0.15, -0.1) is 0 Å². The molecule has 0 amide bonds. The first-order chi connectivity index (χ1) is 14.9. The minimum Gasteiger partial charge on any atom is -0.341 e. The van der Waals surface area contributed by atoms with Crippen LogP contribution in [0.15, 0.2) is 54.6 Å². The lowest BCUT2D eigenvalue weighted by atomic mass is 10.2. The molecule has 1 fully saturated rings. The molecular weight excluding hydrogens is 410 g/mol. The Morgan fingerprint density at radius 2 is 1.65 bits per heavy atom. The second kappa shape index (κ2) is 8.93. The topological polar surface area (TPSA) is 87.2 Å². The zero-order chi connectivity index (χ0) is 21.8. The highest BCUT2D eigenvalue weighted by molar-refractivity contribution is 7.91. The molecule has 0 radical (unpaired) electrons. The lowest BCUT2D eigenvalue weighted by Gasteiger charge is -2.17. The molecule has 162 valence electrons. The van der Waals surface area contributed by atoms with E-state index in [2.05, 4.69) is 24.9 Å². The number of hydrogen-bond acceptors (Lipinski definition) is 6. The number of aromatic nitrogens is 2. The third-order valence-corrected chi connectivity index (χ3v) is 6.36. The molecule has 31 heavy (non-hydrogen) atoms. The number of rotatable bonds is 7. The molecule has 0 unspecified atom stereocenters. The van der Waals surface area contributed by atoms with Crippen LogP contribution in [0, 0.1) is 13.8 Å². The zero-order valence-corrected chi connectivity index (χ0v) is 18.6. The monoisotopic (exact) mass is 437 g/mol. The fourth-order valence-corrected chi connectivity index (χ4v) is 4.87. The van der Waals surface area contributed by atoms with Crippen LogP contribution < -0.4 is 14.9 Å². The summed E-state index contributed by atoms with van der Waals surface area (Å²) in [5.74, 6) is 1.41. The van der Waals surface area contributed by atoms with E-state index >= 15 is 0 Å². The van der Waals surface area contributed by atoms with Crippen molar-refractivity contribution in [3.8, 4) is 0 Å². The van der Waals surface area contributed by atoms with Crippen LogP contribution in [0.5, 0.6) is 0 Å². The first-order valence-electron chi connectivity index (χ1n) is 10.4. The Morgan fingerprint density at radius 3 is 2.35 bits per heavy atom. The highest BCUT2D eigenvalue weighted by atomic mass is 32.2. The normalized spacial score (nSPS) is 13.9. The van der Waals surface area contributed by atoms with Crippen LogP contribution in [0.2, 0.25) is 0 Å². The molecule has 1 aliphatic heterocycles. The van der Waals surface area contributed by atoms with Crippen molar-refractivity contribution in [2.45, 2.75) is 32.4 Å². The van der Waals surface area contributed by atoms with Crippen LogP contribution in [-0.2, 0) is 15.8 Å². The van der Waals surface area contributed by atoms with Gasteiger partial charge in [-0.3, -0.25) is 4.72 Å². The van der Waals surface area contributed by atoms with E-state index in [1.165, 1.54) is 12.8 Å². The van der Waals surface area contributed by atoms with Crippen LogP contribution in [0.1, 0.15) is 29.7 Å². The number of anilines is 4. The van der Waals surface area contributed by atoms with E-state index in [4.69, 9.17) is 0 Å². The number of nitrogens with zero attached hydrogens (tertiary/aromatic N) is 3. The van der Waals surface area contributed by atoms with Gasteiger partial charge in [0.15, 0.2) is 0 Å². The van der Waals surface area contributed by atoms with Gasteiger partial charge < -0.3 is 10.2 Å². The van der Waals surface area contributed by atoms with Crippen molar-refractivity contribution in [1.82, 2.24) is 9.97 Å². The molecule has 0 spiro atoms. The number of nitrogens with one attached hydrogen (secondary N) is 2. The number of sulfonamides is 1.